The maximum Gasteiger partial charge on any atom is 0.224 e. The van der Waals surface area contributed by atoms with Crippen molar-refractivity contribution in [3.8, 4) is 11.7 Å². The molecule has 14 heavy (non-hydrogen) atoms. The molecule has 0 aromatic carbocycles. The van der Waals surface area contributed by atoms with Crippen molar-refractivity contribution in [1.82, 2.24) is 19.5 Å². The molecule has 2 rings (SSSR count). The third-order valence-corrected chi connectivity index (χ3v) is 1.66. The van der Waals surface area contributed by atoms with E-state index in [-0.39, 0.29) is 0 Å². The standard InChI is InChI=1S/C8H6N4OS/c14-6-13-8-3-7(10-4-11-8)12-2-1-9-5-12/h1-6H. The summed E-state index contributed by atoms with van der Waals surface area (Å²) in [6, 6.07) is 1.67. The van der Waals surface area contributed by atoms with Gasteiger partial charge in [-0.15, -0.1) is 0 Å². The molecule has 6 heteroatoms. The number of aromatic nitrogens is 4. The topological polar surface area (TPSA) is 52.8 Å². The Labute approximate surface area is 85.4 Å². The van der Waals surface area contributed by atoms with E-state index in [4.69, 9.17) is 4.74 Å². The molecule has 0 saturated carbocycles. The Morgan fingerprint density at radius 3 is 3.07 bits per heavy atom. The van der Waals surface area contributed by atoms with E-state index >= 15 is 0 Å². The summed E-state index contributed by atoms with van der Waals surface area (Å²) < 4.78 is 6.70. The van der Waals surface area contributed by atoms with Gasteiger partial charge in [-0.1, -0.05) is 0 Å². The normalized spacial score (nSPS) is 9.71. The van der Waals surface area contributed by atoms with Crippen molar-refractivity contribution in [3.63, 3.8) is 0 Å². The molecular weight excluding hydrogens is 200 g/mol. The van der Waals surface area contributed by atoms with Gasteiger partial charge in [0.1, 0.15) is 18.5 Å². The minimum Gasteiger partial charge on any atom is -0.435 e. The number of ether oxygens (including phenoxy) is 1. The summed E-state index contributed by atoms with van der Waals surface area (Å²) in [5, 5.41) is 0. The highest BCUT2D eigenvalue weighted by Crippen LogP contribution is 2.09. The fourth-order valence-electron chi connectivity index (χ4n) is 0.979. The largest absolute Gasteiger partial charge is 0.435 e. The van der Waals surface area contributed by atoms with Gasteiger partial charge in [0.2, 0.25) is 5.88 Å². The Kier molecular flexibility index (Phi) is 2.46. The lowest BCUT2D eigenvalue weighted by molar-refractivity contribution is 0.556. The average Bonchev–Trinajstić information content (AvgIpc) is 2.71. The van der Waals surface area contributed by atoms with Crippen LogP contribution < -0.4 is 4.74 Å². The van der Waals surface area contributed by atoms with E-state index in [9.17, 15) is 0 Å². The lowest BCUT2D eigenvalue weighted by Crippen LogP contribution is -1.97. The quantitative estimate of drug-likeness (QED) is 0.701. The van der Waals surface area contributed by atoms with Crippen LogP contribution in [0.15, 0.2) is 31.1 Å². The van der Waals surface area contributed by atoms with E-state index in [2.05, 4.69) is 27.2 Å². The van der Waals surface area contributed by atoms with Crippen LogP contribution in [0, 0.1) is 0 Å². The Morgan fingerprint density at radius 2 is 2.36 bits per heavy atom. The number of rotatable bonds is 3. The van der Waals surface area contributed by atoms with Crippen LogP contribution in [0.3, 0.4) is 0 Å². The fraction of sp³-hybridized carbons (Fsp3) is 0. The van der Waals surface area contributed by atoms with E-state index < -0.39 is 0 Å². The summed E-state index contributed by atoms with van der Waals surface area (Å²) in [6.45, 7) is 0. The monoisotopic (exact) mass is 206 g/mol. The molecule has 0 amide bonds. The van der Waals surface area contributed by atoms with Crippen molar-refractivity contribution < 1.29 is 4.74 Å². The van der Waals surface area contributed by atoms with Gasteiger partial charge in [-0.05, 0) is 12.2 Å². The van der Waals surface area contributed by atoms with Crippen molar-refractivity contribution in [2.45, 2.75) is 0 Å². The zero-order valence-corrected chi connectivity index (χ0v) is 7.89. The zero-order valence-electron chi connectivity index (χ0n) is 7.07. The first-order valence-electron chi connectivity index (χ1n) is 3.81. The highest BCUT2D eigenvalue weighted by molar-refractivity contribution is 7.78. The first kappa shape index (κ1) is 8.76. The molecule has 70 valence electrons. The SMILES string of the molecule is S=COc1cc(-n2ccnc2)ncn1. The van der Waals surface area contributed by atoms with Crippen LogP contribution in [0.5, 0.6) is 5.88 Å². The maximum atomic E-state index is 4.95. The van der Waals surface area contributed by atoms with Gasteiger partial charge in [0.25, 0.3) is 0 Å². The first-order chi connectivity index (χ1) is 6.90. The molecule has 0 radical (unpaired) electrons. The van der Waals surface area contributed by atoms with Gasteiger partial charge in [0, 0.05) is 18.5 Å². The molecule has 0 N–H and O–H groups in total. The van der Waals surface area contributed by atoms with E-state index in [0.717, 1.165) is 5.55 Å². The molecule has 0 fully saturated rings. The Balaban J connectivity index is 2.35. The number of hydrogen-bond donors (Lipinski definition) is 0. The molecule has 0 saturated heterocycles. The van der Waals surface area contributed by atoms with E-state index in [0.29, 0.717) is 11.7 Å². The van der Waals surface area contributed by atoms with Gasteiger partial charge in [-0.3, -0.25) is 4.57 Å². The molecule has 2 aromatic heterocycles. The fourth-order valence-corrected chi connectivity index (χ4v) is 1.08. The molecule has 0 atom stereocenters. The van der Waals surface area contributed by atoms with Crippen LogP contribution in [0.4, 0.5) is 0 Å². The average molecular weight is 206 g/mol. The highest BCUT2D eigenvalue weighted by atomic mass is 32.1. The van der Waals surface area contributed by atoms with Crippen LogP contribution in [-0.2, 0) is 0 Å². The van der Waals surface area contributed by atoms with Crippen LogP contribution in [0.25, 0.3) is 5.82 Å². The van der Waals surface area contributed by atoms with E-state index in [1.807, 2.05) is 0 Å². The zero-order chi connectivity index (χ0) is 9.80. The molecule has 2 aromatic rings. The predicted molar refractivity (Wildman–Crippen MR) is 53.4 cm³/mol. The predicted octanol–water partition coefficient (Wildman–Crippen LogP) is 0.998. The van der Waals surface area contributed by atoms with Crippen LogP contribution >= 0.6 is 12.2 Å². The second-order valence-corrected chi connectivity index (χ2v) is 2.59. The van der Waals surface area contributed by atoms with Gasteiger partial charge in [0.15, 0.2) is 5.55 Å². The summed E-state index contributed by atoms with van der Waals surface area (Å²) in [5.74, 6) is 1.10. The van der Waals surface area contributed by atoms with Crippen LogP contribution in [-0.4, -0.2) is 25.1 Å². The van der Waals surface area contributed by atoms with Crippen LogP contribution in [0.1, 0.15) is 0 Å². The summed E-state index contributed by atoms with van der Waals surface area (Å²) in [6.07, 6.45) is 6.50. The van der Waals surface area contributed by atoms with Crippen LogP contribution in [0.2, 0.25) is 0 Å². The molecule has 0 bridgehead atoms. The summed E-state index contributed by atoms with van der Waals surface area (Å²) in [4.78, 5) is 11.8. The van der Waals surface area contributed by atoms with Gasteiger partial charge in [-0.2, -0.15) is 0 Å². The second-order valence-electron chi connectivity index (χ2n) is 2.40. The second kappa shape index (κ2) is 3.93. The molecule has 0 spiro atoms. The Morgan fingerprint density at radius 1 is 1.43 bits per heavy atom. The lowest BCUT2D eigenvalue weighted by atomic mass is 10.5. The van der Waals surface area contributed by atoms with Gasteiger partial charge < -0.3 is 4.74 Å². The lowest BCUT2D eigenvalue weighted by Gasteiger charge is -2.01. The van der Waals surface area contributed by atoms with Gasteiger partial charge in [-0.25, -0.2) is 15.0 Å². The molecule has 0 aliphatic carbocycles. The minimum absolute atomic E-state index is 0.415. The summed E-state index contributed by atoms with van der Waals surface area (Å²) in [7, 11) is 0. The maximum absolute atomic E-state index is 4.95. The smallest absolute Gasteiger partial charge is 0.224 e. The van der Waals surface area contributed by atoms with E-state index in [1.165, 1.54) is 6.33 Å². The molecule has 5 nitrogen and oxygen atoms in total. The summed E-state index contributed by atoms with van der Waals surface area (Å²) >= 11 is 4.55. The van der Waals surface area contributed by atoms with Crippen molar-refractivity contribution in [2.75, 3.05) is 0 Å². The molecule has 0 unspecified atom stereocenters. The number of imidazole rings is 1. The van der Waals surface area contributed by atoms with Gasteiger partial charge in [0.05, 0.1) is 0 Å². The van der Waals surface area contributed by atoms with Crippen molar-refractivity contribution in [3.05, 3.63) is 31.1 Å². The number of hydrogen-bond acceptors (Lipinski definition) is 5. The van der Waals surface area contributed by atoms with Crippen molar-refractivity contribution in [2.24, 2.45) is 0 Å². The molecule has 0 aliphatic heterocycles. The molecule has 2 heterocycles. The molecule has 0 aliphatic rings. The van der Waals surface area contributed by atoms with Gasteiger partial charge >= 0.3 is 0 Å². The third-order valence-electron chi connectivity index (χ3n) is 1.57. The molecular formula is C8H6N4OS. The number of thiocarbonyl (C=S) groups is 1. The Bertz CT molecular complexity index is 429. The first-order valence-corrected chi connectivity index (χ1v) is 4.28. The minimum atomic E-state index is 0.415. The Hall–Kier alpha value is -1.82. The van der Waals surface area contributed by atoms with Crippen molar-refractivity contribution in [1.29, 1.82) is 0 Å². The third kappa shape index (κ3) is 1.74. The van der Waals surface area contributed by atoms with Crippen molar-refractivity contribution >= 4 is 17.8 Å². The number of nitrogens with zero attached hydrogens (tertiary/aromatic N) is 4. The summed E-state index contributed by atoms with van der Waals surface area (Å²) in [5.41, 5.74) is 1.15. The van der Waals surface area contributed by atoms with E-state index in [1.54, 1.807) is 29.4 Å². The highest BCUT2D eigenvalue weighted by Gasteiger charge is 1.99.